The monoisotopic (exact) mass is 234 g/mol. The zero-order valence-electron chi connectivity index (χ0n) is 11.3. The molecule has 0 spiro atoms. The Labute approximate surface area is 106 Å². The van der Waals surface area contributed by atoms with Crippen LogP contribution >= 0.6 is 0 Å². The lowest BCUT2D eigenvalue weighted by Gasteiger charge is -2.24. The first-order chi connectivity index (χ1) is 8.27. The van der Waals surface area contributed by atoms with Gasteiger partial charge in [0.15, 0.2) is 0 Å². The highest BCUT2D eigenvalue weighted by Crippen LogP contribution is 2.20. The standard InChI is InChI=1S/C15H24NO/c1-4-10-16-11-8-6-7-9-15(16)13-14(3)17-12-5-2/h6-9,11H,4-5,10,12-13H2,1-3H3. The van der Waals surface area contributed by atoms with Gasteiger partial charge in [-0.15, -0.1) is 0 Å². The predicted octanol–water partition coefficient (Wildman–Crippen LogP) is 4.03. The molecular formula is C15H24NO. The molecule has 95 valence electrons. The van der Waals surface area contributed by atoms with Crippen molar-refractivity contribution < 1.29 is 4.74 Å². The van der Waals surface area contributed by atoms with Crippen LogP contribution in [0.25, 0.3) is 0 Å². The maximum atomic E-state index is 5.66. The van der Waals surface area contributed by atoms with Crippen molar-refractivity contribution in [1.29, 1.82) is 0 Å². The van der Waals surface area contributed by atoms with E-state index in [2.05, 4.69) is 56.2 Å². The van der Waals surface area contributed by atoms with Crippen LogP contribution in [0.5, 0.6) is 0 Å². The molecule has 2 heteroatoms. The molecule has 0 amide bonds. The highest BCUT2D eigenvalue weighted by Gasteiger charge is 2.12. The van der Waals surface area contributed by atoms with Gasteiger partial charge in [0.25, 0.3) is 0 Å². The smallest absolute Gasteiger partial charge is 0.0998 e. The van der Waals surface area contributed by atoms with E-state index in [1.54, 1.807) is 0 Å². The van der Waals surface area contributed by atoms with Gasteiger partial charge < -0.3 is 9.64 Å². The van der Waals surface area contributed by atoms with E-state index in [1.165, 1.54) is 5.70 Å². The lowest BCUT2D eigenvalue weighted by Crippen LogP contribution is -2.19. The number of rotatable bonds is 7. The summed E-state index contributed by atoms with van der Waals surface area (Å²) >= 11 is 0. The summed E-state index contributed by atoms with van der Waals surface area (Å²) < 4.78 is 5.66. The van der Waals surface area contributed by atoms with E-state index in [0.717, 1.165) is 38.5 Å². The second-order valence-electron chi connectivity index (χ2n) is 4.31. The topological polar surface area (TPSA) is 12.5 Å². The van der Waals surface area contributed by atoms with Gasteiger partial charge in [0.1, 0.15) is 0 Å². The van der Waals surface area contributed by atoms with Crippen molar-refractivity contribution in [3.63, 3.8) is 0 Å². The molecule has 0 aromatic carbocycles. The molecule has 1 rings (SSSR count). The maximum absolute atomic E-state index is 5.66. The Morgan fingerprint density at radius 1 is 1.18 bits per heavy atom. The second kappa shape index (κ2) is 8.13. The van der Waals surface area contributed by atoms with Crippen LogP contribution in [-0.4, -0.2) is 18.1 Å². The number of hydrogen-bond donors (Lipinski definition) is 0. The summed E-state index contributed by atoms with van der Waals surface area (Å²) in [5, 5.41) is 0. The summed E-state index contributed by atoms with van der Waals surface area (Å²) in [6.07, 6.45) is 14.8. The molecule has 0 fully saturated rings. The van der Waals surface area contributed by atoms with Gasteiger partial charge in [-0.1, -0.05) is 26.0 Å². The molecule has 0 bridgehead atoms. The molecule has 0 N–H and O–H groups in total. The van der Waals surface area contributed by atoms with Crippen LogP contribution in [0, 0.1) is 6.10 Å². The number of nitrogens with zero attached hydrogens (tertiary/aromatic N) is 1. The molecule has 0 aromatic heterocycles. The van der Waals surface area contributed by atoms with Crippen LogP contribution in [0.4, 0.5) is 0 Å². The van der Waals surface area contributed by atoms with Crippen LogP contribution in [0.2, 0.25) is 0 Å². The van der Waals surface area contributed by atoms with Crippen LogP contribution in [0.15, 0.2) is 36.2 Å². The molecular weight excluding hydrogens is 210 g/mol. The fourth-order valence-corrected chi connectivity index (χ4v) is 1.78. The van der Waals surface area contributed by atoms with Gasteiger partial charge in [0.2, 0.25) is 0 Å². The molecule has 1 radical (unpaired) electrons. The number of hydrogen-bond acceptors (Lipinski definition) is 2. The first kappa shape index (κ1) is 14.0. The van der Waals surface area contributed by atoms with Gasteiger partial charge in [-0.05, 0) is 31.9 Å². The van der Waals surface area contributed by atoms with E-state index in [1.807, 2.05) is 0 Å². The number of allylic oxidation sites excluding steroid dienone is 4. The average Bonchev–Trinajstić information content (AvgIpc) is 2.53. The van der Waals surface area contributed by atoms with E-state index >= 15 is 0 Å². The molecule has 0 saturated carbocycles. The Morgan fingerprint density at radius 3 is 2.71 bits per heavy atom. The zero-order chi connectivity index (χ0) is 12.5. The normalized spacial score (nSPS) is 15.3. The van der Waals surface area contributed by atoms with Crippen molar-refractivity contribution in [1.82, 2.24) is 4.90 Å². The molecule has 17 heavy (non-hydrogen) atoms. The molecule has 0 atom stereocenters. The van der Waals surface area contributed by atoms with E-state index < -0.39 is 0 Å². The Hall–Kier alpha value is -1.02. The van der Waals surface area contributed by atoms with Crippen molar-refractivity contribution in [3.8, 4) is 0 Å². The van der Waals surface area contributed by atoms with Crippen LogP contribution < -0.4 is 0 Å². The summed E-state index contributed by atoms with van der Waals surface area (Å²) in [6, 6.07) is 0. The molecule has 1 heterocycles. The van der Waals surface area contributed by atoms with Crippen molar-refractivity contribution in [3.05, 3.63) is 42.3 Å². The number of ether oxygens (including phenoxy) is 1. The zero-order valence-corrected chi connectivity index (χ0v) is 11.3. The van der Waals surface area contributed by atoms with E-state index in [9.17, 15) is 0 Å². The van der Waals surface area contributed by atoms with Gasteiger partial charge in [0, 0.05) is 31.5 Å². The Morgan fingerprint density at radius 2 is 2.00 bits per heavy atom. The summed E-state index contributed by atoms with van der Waals surface area (Å²) in [5.41, 5.74) is 1.31. The van der Waals surface area contributed by atoms with Crippen molar-refractivity contribution >= 4 is 0 Å². The van der Waals surface area contributed by atoms with Crippen molar-refractivity contribution in [2.24, 2.45) is 0 Å². The largest absolute Gasteiger partial charge is 0.372 e. The molecule has 1 aliphatic rings. The molecule has 0 aliphatic carbocycles. The van der Waals surface area contributed by atoms with Crippen LogP contribution in [0.3, 0.4) is 0 Å². The SMILES string of the molecule is CCCO[C](C)CC1=CC=CC=CN1CCC. The van der Waals surface area contributed by atoms with Crippen LogP contribution in [0.1, 0.15) is 40.0 Å². The van der Waals surface area contributed by atoms with E-state index in [0.29, 0.717) is 0 Å². The first-order valence-corrected chi connectivity index (χ1v) is 6.53. The maximum Gasteiger partial charge on any atom is 0.0998 e. The van der Waals surface area contributed by atoms with E-state index in [4.69, 9.17) is 4.74 Å². The highest BCUT2D eigenvalue weighted by atomic mass is 16.5. The fraction of sp³-hybridized carbons (Fsp3) is 0.533. The minimum atomic E-state index is 0.818. The molecule has 0 aromatic rings. The van der Waals surface area contributed by atoms with Crippen molar-refractivity contribution in [2.75, 3.05) is 13.2 Å². The second-order valence-corrected chi connectivity index (χ2v) is 4.31. The van der Waals surface area contributed by atoms with Gasteiger partial charge in [0.05, 0.1) is 6.10 Å². The quantitative estimate of drug-likeness (QED) is 0.659. The summed E-state index contributed by atoms with van der Waals surface area (Å²) in [5.74, 6) is 0. The molecule has 1 aliphatic heterocycles. The van der Waals surface area contributed by atoms with Gasteiger partial charge in [-0.2, -0.15) is 0 Å². The Kier molecular flexibility index (Phi) is 6.71. The van der Waals surface area contributed by atoms with Gasteiger partial charge in [-0.3, -0.25) is 0 Å². The Bertz CT molecular complexity index is 291. The molecule has 0 unspecified atom stereocenters. The lowest BCUT2D eigenvalue weighted by molar-refractivity contribution is 0.143. The highest BCUT2D eigenvalue weighted by molar-refractivity contribution is 5.23. The minimum Gasteiger partial charge on any atom is -0.372 e. The third kappa shape index (κ3) is 5.22. The predicted molar refractivity (Wildman–Crippen MR) is 73.1 cm³/mol. The van der Waals surface area contributed by atoms with Crippen molar-refractivity contribution in [2.45, 2.75) is 40.0 Å². The third-order valence-electron chi connectivity index (χ3n) is 2.59. The van der Waals surface area contributed by atoms with Gasteiger partial charge in [-0.25, -0.2) is 0 Å². The fourth-order valence-electron chi connectivity index (χ4n) is 1.78. The molecule has 2 nitrogen and oxygen atoms in total. The van der Waals surface area contributed by atoms with Crippen LogP contribution in [-0.2, 0) is 4.74 Å². The third-order valence-corrected chi connectivity index (χ3v) is 2.59. The molecule has 0 saturated heterocycles. The summed E-state index contributed by atoms with van der Waals surface area (Å²) in [6.45, 7) is 8.28. The summed E-state index contributed by atoms with van der Waals surface area (Å²) in [4.78, 5) is 2.30. The first-order valence-electron chi connectivity index (χ1n) is 6.53. The summed E-state index contributed by atoms with van der Waals surface area (Å²) in [7, 11) is 0. The Balaban J connectivity index is 2.55. The minimum absolute atomic E-state index is 0.818. The van der Waals surface area contributed by atoms with E-state index in [-0.39, 0.29) is 0 Å². The van der Waals surface area contributed by atoms with Gasteiger partial charge >= 0.3 is 0 Å². The lowest BCUT2D eigenvalue weighted by atomic mass is 10.2. The average molecular weight is 234 g/mol.